The topological polar surface area (TPSA) is 0 Å². The van der Waals surface area contributed by atoms with E-state index in [-0.39, 0.29) is 0 Å². The minimum absolute atomic E-state index is 0.518. The Morgan fingerprint density at radius 1 is 0.750 bits per heavy atom. The summed E-state index contributed by atoms with van der Waals surface area (Å²) in [5.41, 5.74) is 1.08. The molecule has 0 heteroatoms. The second-order valence-electron chi connectivity index (χ2n) is 13.9. The van der Waals surface area contributed by atoms with Crippen LogP contribution in [0, 0.1) is 46.3 Å². The van der Waals surface area contributed by atoms with Gasteiger partial charge in [0.25, 0.3) is 0 Å². The van der Waals surface area contributed by atoms with Gasteiger partial charge in [0.05, 0.1) is 0 Å². The van der Waals surface area contributed by atoms with Crippen LogP contribution in [0.1, 0.15) is 160 Å². The van der Waals surface area contributed by atoms with Crippen molar-refractivity contribution in [3.05, 3.63) is 0 Å². The number of unbranched alkanes of at least 4 members (excludes halogenated alkanes) is 1. The zero-order chi connectivity index (χ0) is 24.9. The lowest BCUT2D eigenvalue weighted by Crippen LogP contribution is -2.27. The third-order valence-corrected chi connectivity index (χ3v) is 9.04. The molecule has 0 heterocycles. The van der Waals surface area contributed by atoms with E-state index in [1.54, 1.807) is 6.42 Å². The van der Waals surface area contributed by atoms with Gasteiger partial charge in [0.2, 0.25) is 0 Å². The summed E-state index contributed by atoms with van der Waals surface area (Å²) in [4.78, 5) is 0. The van der Waals surface area contributed by atoms with Crippen LogP contribution in [0.25, 0.3) is 0 Å². The van der Waals surface area contributed by atoms with E-state index >= 15 is 0 Å². The van der Waals surface area contributed by atoms with Gasteiger partial charge in [-0.15, -0.1) is 0 Å². The Bertz CT molecular complexity index is 428. The van der Waals surface area contributed by atoms with Gasteiger partial charge in [-0.05, 0) is 65.6 Å². The van der Waals surface area contributed by atoms with Crippen molar-refractivity contribution in [2.75, 3.05) is 0 Å². The monoisotopic (exact) mass is 451 g/mol. The maximum absolute atomic E-state index is 2.44. The molecule has 0 amide bonds. The van der Waals surface area contributed by atoms with Crippen molar-refractivity contribution >= 4 is 0 Å². The highest BCUT2D eigenvalue weighted by atomic mass is 14.4. The molecule has 0 spiro atoms. The molecule has 4 unspecified atom stereocenters. The largest absolute Gasteiger partial charge is 0.0654 e. The Kier molecular flexibility index (Phi) is 15.8. The minimum Gasteiger partial charge on any atom is -0.0654 e. The molecule has 2 saturated carbocycles. The number of hydrogen-bond acceptors (Lipinski definition) is 0. The van der Waals surface area contributed by atoms with E-state index in [9.17, 15) is 0 Å². The van der Waals surface area contributed by atoms with Crippen LogP contribution in [0.5, 0.6) is 0 Å². The summed E-state index contributed by atoms with van der Waals surface area (Å²) < 4.78 is 0. The van der Waals surface area contributed by atoms with E-state index in [2.05, 4.69) is 83.1 Å². The second-order valence-corrected chi connectivity index (χ2v) is 13.9. The number of rotatable bonds is 8. The first kappa shape index (κ1) is 32.0. The SMILES string of the molecule is CC(C)(C)C1CCCC1CC1CCC1.CCC(C)C(C)C.CCCCC(CC)C(C)(C)C. The molecule has 0 aliphatic heterocycles. The van der Waals surface area contributed by atoms with Crippen LogP contribution in [0.15, 0.2) is 0 Å². The van der Waals surface area contributed by atoms with Crippen molar-refractivity contribution in [2.24, 2.45) is 46.3 Å². The summed E-state index contributed by atoms with van der Waals surface area (Å²) in [6.07, 6.45) is 17.5. The average Bonchev–Trinajstić information content (AvgIpc) is 3.13. The van der Waals surface area contributed by atoms with Gasteiger partial charge in [0.15, 0.2) is 0 Å². The molecular formula is C32H66. The fraction of sp³-hybridized carbons (Fsp3) is 1.00. The van der Waals surface area contributed by atoms with Crippen LogP contribution in [0.4, 0.5) is 0 Å². The van der Waals surface area contributed by atoms with Gasteiger partial charge < -0.3 is 0 Å². The van der Waals surface area contributed by atoms with E-state index in [0.29, 0.717) is 10.8 Å². The van der Waals surface area contributed by atoms with Crippen molar-refractivity contribution in [2.45, 2.75) is 160 Å². The Hall–Kier alpha value is 0. The molecule has 0 aromatic carbocycles. The van der Waals surface area contributed by atoms with Crippen LogP contribution in [0.2, 0.25) is 0 Å². The molecule has 0 aromatic heterocycles. The fourth-order valence-corrected chi connectivity index (χ4v) is 5.79. The van der Waals surface area contributed by atoms with Crippen molar-refractivity contribution < 1.29 is 0 Å². The smallest absolute Gasteiger partial charge is 0.0337 e. The van der Waals surface area contributed by atoms with Gasteiger partial charge in [0, 0.05) is 0 Å². The van der Waals surface area contributed by atoms with E-state index < -0.39 is 0 Å². The van der Waals surface area contributed by atoms with E-state index in [0.717, 1.165) is 35.5 Å². The summed E-state index contributed by atoms with van der Waals surface area (Å²) >= 11 is 0. The Morgan fingerprint density at radius 3 is 1.62 bits per heavy atom. The zero-order valence-corrected chi connectivity index (χ0v) is 24.9. The molecule has 0 nitrogen and oxygen atoms in total. The van der Waals surface area contributed by atoms with E-state index in [1.165, 1.54) is 70.6 Å². The predicted octanol–water partition coefficient (Wildman–Crippen LogP) is 11.6. The first-order valence-corrected chi connectivity index (χ1v) is 14.8. The summed E-state index contributed by atoms with van der Waals surface area (Å²) in [5, 5.41) is 0. The van der Waals surface area contributed by atoms with Crippen LogP contribution < -0.4 is 0 Å². The standard InChI is InChI=1S/C14H26.C11H24.C7H16/c1-14(2,3)13-9-5-8-12(13)10-11-6-4-7-11;1-6-8-9-10(7-2)11(3,4)5;1-5-7(4)6(2)3/h11-13H,4-10H2,1-3H3;10H,6-9H2,1-5H3;6-7H,5H2,1-4H3. The molecule has 0 aromatic rings. The highest BCUT2D eigenvalue weighted by molar-refractivity contribution is 4.88. The molecule has 0 saturated heterocycles. The van der Waals surface area contributed by atoms with Crippen LogP contribution in [0.3, 0.4) is 0 Å². The molecule has 0 bridgehead atoms. The lowest BCUT2D eigenvalue weighted by molar-refractivity contribution is 0.141. The first-order valence-electron chi connectivity index (χ1n) is 14.8. The third-order valence-electron chi connectivity index (χ3n) is 9.04. The Balaban J connectivity index is 0.000000480. The molecule has 2 rings (SSSR count). The molecular weight excluding hydrogens is 384 g/mol. The highest BCUT2D eigenvalue weighted by Crippen LogP contribution is 2.48. The van der Waals surface area contributed by atoms with Crippen LogP contribution in [-0.4, -0.2) is 0 Å². The van der Waals surface area contributed by atoms with Crippen molar-refractivity contribution in [3.63, 3.8) is 0 Å². The molecule has 194 valence electrons. The van der Waals surface area contributed by atoms with Gasteiger partial charge in [-0.3, -0.25) is 0 Å². The van der Waals surface area contributed by atoms with Gasteiger partial charge >= 0.3 is 0 Å². The molecule has 0 radical (unpaired) electrons. The summed E-state index contributed by atoms with van der Waals surface area (Å²) in [6, 6.07) is 0. The van der Waals surface area contributed by atoms with Gasteiger partial charge in [-0.25, -0.2) is 0 Å². The Labute approximate surface area is 206 Å². The predicted molar refractivity (Wildman–Crippen MR) is 149 cm³/mol. The molecule has 4 atom stereocenters. The lowest BCUT2D eigenvalue weighted by Gasteiger charge is -2.36. The van der Waals surface area contributed by atoms with E-state index in [1.807, 2.05) is 0 Å². The van der Waals surface area contributed by atoms with Crippen molar-refractivity contribution in [3.8, 4) is 0 Å². The lowest BCUT2D eigenvalue weighted by atomic mass is 9.69. The molecule has 2 aliphatic carbocycles. The molecule has 2 fully saturated rings. The van der Waals surface area contributed by atoms with Crippen molar-refractivity contribution in [1.82, 2.24) is 0 Å². The summed E-state index contributed by atoms with van der Waals surface area (Å²) in [7, 11) is 0. The summed E-state index contributed by atoms with van der Waals surface area (Å²) in [5.74, 6) is 5.89. The van der Waals surface area contributed by atoms with Crippen LogP contribution in [-0.2, 0) is 0 Å². The van der Waals surface area contributed by atoms with Gasteiger partial charge in [-0.1, -0.05) is 141 Å². The maximum atomic E-state index is 2.44. The van der Waals surface area contributed by atoms with Crippen molar-refractivity contribution in [1.29, 1.82) is 0 Å². The molecule has 2 aliphatic rings. The Morgan fingerprint density at radius 2 is 1.31 bits per heavy atom. The summed E-state index contributed by atoms with van der Waals surface area (Å²) in [6.45, 7) is 28.1. The quantitative estimate of drug-likeness (QED) is 0.345. The van der Waals surface area contributed by atoms with Gasteiger partial charge in [0.1, 0.15) is 0 Å². The average molecular weight is 451 g/mol. The zero-order valence-electron chi connectivity index (χ0n) is 24.9. The minimum atomic E-state index is 0.518. The fourth-order valence-electron chi connectivity index (χ4n) is 5.79. The van der Waals surface area contributed by atoms with Gasteiger partial charge in [-0.2, -0.15) is 0 Å². The first-order chi connectivity index (χ1) is 14.8. The maximum Gasteiger partial charge on any atom is -0.0337 e. The highest BCUT2D eigenvalue weighted by Gasteiger charge is 2.37. The number of hydrogen-bond donors (Lipinski definition) is 0. The van der Waals surface area contributed by atoms with Crippen LogP contribution >= 0.6 is 0 Å². The third kappa shape index (κ3) is 13.0. The normalized spacial score (nSPS) is 23.5. The molecule has 32 heavy (non-hydrogen) atoms. The molecule has 0 N–H and O–H groups in total. The van der Waals surface area contributed by atoms with E-state index in [4.69, 9.17) is 0 Å². The second kappa shape index (κ2) is 15.8.